The van der Waals surface area contributed by atoms with Crippen molar-refractivity contribution in [2.75, 3.05) is 5.73 Å². The van der Waals surface area contributed by atoms with Crippen LogP contribution in [0.2, 0.25) is 0 Å². The van der Waals surface area contributed by atoms with E-state index in [0.717, 1.165) is 11.1 Å². The zero-order chi connectivity index (χ0) is 17.3. The number of anilines is 1. The van der Waals surface area contributed by atoms with Crippen LogP contribution >= 0.6 is 0 Å². The summed E-state index contributed by atoms with van der Waals surface area (Å²) < 4.78 is 7.24. The summed E-state index contributed by atoms with van der Waals surface area (Å²) in [7, 11) is 1.70. The Hall–Kier alpha value is -3.22. The van der Waals surface area contributed by atoms with Gasteiger partial charge in [-0.3, -0.25) is 9.78 Å². The molecule has 0 aliphatic rings. The van der Waals surface area contributed by atoms with Crippen LogP contribution in [0.15, 0.2) is 41.6 Å². The number of nitrogen functional groups attached to an aromatic ring is 1. The van der Waals surface area contributed by atoms with Crippen LogP contribution in [-0.2, 0) is 7.05 Å². The van der Waals surface area contributed by atoms with Gasteiger partial charge in [0.25, 0.3) is 5.56 Å². The molecule has 24 heavy (non-hydrogen) atoms. The fourth-order valence-corrected chi connectivity index (χ4v) is 2.33. The second kappa shape index (κ2) is 6.11. The van der Waals surface area contributed by atoms with Gasteiger partial charge in [-0.1, -0.05) is 0 Å². The topological polar surface area (TPSA) is 95.9 Å². The summed E-state index contributed by atoms with van der Waals surface area (Å²) in [6.45, 7) is 3.64. The molecular formula is C17H17N5O2. The second-order valence-electron chi connectivity index (χ2n) is 5.53. The van der Waals surface area contributed by atoms with Gasteiger partial charge in [0.2, 0.25) is 0 Å². The number of nitrogens with two attached hydrogens (primary N) is 1. The molecule has 3 heterocycles. The van der Waals surface area contributed by atoms with Gasteiger partial charge in [0.05, 0.1) is 5.69 Å². The summed E-state index contributed by atoms with van der Waals surface area (Å²) in [5.41, 5.74) is 8.67. The number of pyridine rings is 2. The van der Waals surface area contributed by atoms with Crippen molar-refractivity contribution in [2.24, 2.45) is 7.05 Å². The molecule has 0 aliphatic heterocycles. The van der Waals surface area contributed by atoms with Gasteiger partial charge >= 0.3 is 6.01 Å². The van der Waals surface area contributed by atoms with Crippen LogP contribution in [0, 0.1) is 13.8 Å². The zero-order valence-corrected chi connectivity index (χ0v) is 13.6. The molecule has 0 spiro atoms. The number of rotatable bonds is 3. The molecule has 0 fully saturated rings. The Kier molecular flexibility index (Phi) is 3.99. The molecular weight excluding hydrogens is 306 g/mol. The van der Waals surface area contributed by atoms with Gasteiger partial charge in [-0.2, -0.15) is 9.97 Å². The summed E-state index contributed by atoms with van der Waals surface area (Å²) >= 11 is 0. The smallest absolute Gasteiger partial charge is 0.324 e. The predicted molar refractivity (Wildman–Crippen MR) is 90.9 cm³/mol. The first kappa shape index (κ1) is 15.7. The molecule has 7 heteroatoms. The van der Waals surface area contributed by atoms with Gasteiger partial charge in [0.15, 0.2) is 0 Å². The standard InChI is InChI=1S/C17H17N5O2/c1-10-6-12(9-22(3)16(10)23)13-7-15(18)21-17(20-13)24-14-4-5-19-8-11(14)2/h4-9H,1-3H3,(H2,18,20,21). The Morgan fingerprint density at radius 2 is 1.96 bits per heavy atom. The van der Waals surface area contributed by atoms with E-state index in [-0.39, 0.29) is 17.4 Å². The van der Waals surface area contributed by atoms with E-state index < -0.39 is 0 Å². The SMILES string of the molecule is Cc1cnccc1Oc1nc(N)cc(-c2cc(C)c(=O)n(C)c2)n1. The van der Waals surface area contributed by atoms with Crippen molar-refractivity contribution < 1.29 is 4.74 Å². The second-order valence-corrected chi connectivity index (χ2v) is 5.53. The highest BCUT2D eigenvalue weighted by atomic mass is 16.5. The van der Waals surface area contributed by atoms with Crippen LogP contribution in [0.1, 0.15) is 11.1 Å². The number of hydrogen-bond acceptors (Lipinski definition) is 6. The first-order valence-corrected chi connectivity index (χ1v) is 7.34. The van der Waals surface area contributed by atoms with E-state index in [4.69, 9.17) is 10.5 Å². The maximum Gasteiger partial charge on any atom is 0.324 e. The monoisotopic (exact) mass is 323 g/mol. The molecule has 0 unspecified atom stereocenters. The molecule has 3 rings (SSSR count). The molecule has 0 saturated heterocycles. The summed E-state index contributed by atoms with van der Waals surface area (Å²) in [5.74, 6) is 0.895. The molecule has 3 aromatic rings. The number of aryl methyl sites for hydroxylation is 3. The average molecular weight is 323 g/mol. The van der Waals surface area contributed by atoms with Crippen LogP contribution in [-0.4, -0.2) is 19.5 Å². The molecule has 0 bridgehead atoms. The lowest BCUT2D eigenvalue weighted by Gasteiger charge is -2.10. The zero-order valence-electron chi connectivity index (χ0n) is 13.6. The average Bonchev–Trinajstić information content (AvgIpc) is 2.54. The lowest BCUT2D eigenvalue weighted by atomic mass is 10.1. The van der Waals surface area contributed by atoms with Gasteiger partial charge in [-0.15, -0.1) is 0 Å². The minimum absolute atomic E-state index is 0.0512. The van der Waals surface area contributed by atoms with E-state index >= 15 is 0 Å². The molecule has 0 aromatic carbocycles. The molecule has 0 saturated carbocycles. The van der Waals surface area contributed by atoms with Crippen LogP contribution in [0.25, 0.3) is 11.3 Å². The Morgan fingerprint density at radius 1 is 1.17 bits per heavy atom. The highest BCUT2D eigenvalue weighted by molar-refractivity contribution is 5.62. The van der Waals surface area contributed by atoms with Crippen molar-refractivity contribution in [2.45, 2.75) is 13.8 Å². The van der Waals surface area contributed by atoms with Gasteiger partial charge < -0.3 is 15.0 Å². The number of ether oxygens (including phenoxy) is 1. The van der Waals surface area contributed by atoms with Crippen LogP contribution in [0.3, 0.4) is 0 Å². The van der Waals surface area contributed by atoms with Gasteiger partial charge in [-0.05, 0) is 26.0 Å². The minimum Gasteiger partial charge on any atom is -0.424 e. The van der Waals surface area contributed by atoms with Crippen LogP contribution in [0.5, 0.6) is 11.8 Å². The van der Waals surface area contributed by atoms with Crippen molar-refractivity contribution in [3.05, 3.63) is 58.3 Å². The third kappa shape index (κ3) is 3.10. The molecule has 0 atom stereocenters. The van der Waals surface area contributed by atoms with Gasteiger partial charge in [0.1, 0.15) is 11.6 Å². The summed E-state index contributed by atoms with van der Waals surface area (Å²) in [6.07, 6.45) is 5.03. The third-order valence-electron chi connectivity index (χ3n) is 3.55. The Labute approximate surface area is 138 Å². The largest absolute Gasteiger partial charge is 0.424 e. The maximum atomic E-state index is 11.8. The summed E-state index contributed by atoms with van der Waals surface area (Å²) in [5, 5.41) is 0. The van der Waals surface area contributed by atoms with E-state index in [2.05, 4.69) is 15.0 Å². The van der Waals surface area contributed by atoms with Crippen molar-refractivity contribution in [3.8, 4) is 23.0 Å². The van der Waals surface area contributed by atoms with Gasteiger partial charge in [-0.25, -0.2) is 0 Å². The lowest BCUT2D eigenvalue weighted by Crippen LogP contribution is -2.18. The Bertz CT molecular complexity index is 939. The Morgan fingerprint density at radius 3 is 2.67 bits per heavy atom. The molecule has 0 radical (unpaired) electrons. The number of aromatic nitrogens is 4. The van der Waals surface area contributed by atoms with Crippen molar-refractivity contribution >= 4 is 5.82 Å². The van der Waals surface area contributed by atoms with E-state index in [9.17, 15) is 4.79 Å². The fraction of sp³-hybridized carbons (Fsp3) is 0.176. The van der Waals surface area contributed by atoms with E-state index in [1.165, 1.54) is 4.57 Å². The number of hydrogen-bond donors (Lipinski definition) is 1. The third-order valence-corrected chi connectivity index (χ3v) is 3.55. The van der Waals surface area contributed by atoms with Crippen molar-refractivity contribution in [1.29, 1.82) is 0 Å². The molecule has 7 nitrogen and oxygen atoms in total. The molecule has 3 aromatic heterocycles. The predicted octanol–water partition coefficient (Wildman–Crippen LogP) is 2.23. The highest BCUT2D eigenvalue weighted by Gasteiger charge is 2.10. The first-order chi connectivity index (χ1) is 11.4. The normalized spacial score (nSPS) is 10.6. The molecule has 0 amide bonds. The Balaban J connectivity index is 2.04. The van der Waals surface area contributed by atoms with E-state index in [0.29, 0.717) is 17.0 Å². The van der Waals surface area contributed by atoms with E-state index in [1.807, 2.05) is 6.92 Å². The highest BCUT2D eigenvalue weighted by Crippen LogP contribution is 2.25. The quantitative estimate of drug-likeness (QED) is 0.794. The first-order valence-electron chi connectivity index (χ1n) is 7.34. The summed E-state index contributed by atoms with van der Waals surface area (Å²) in [4.78, 5) is 24.4. The summed E-state index contributed by atoms with van der Waals surface area (Å²) in [6, 6.07) is 5.29. The fourth-order valence-electron chi connectivity index (χ4n) is 2.33. The van der Waals surface area contributed by atoms with Crippen LogP contribution < -0.4 is 16.0 Å². The lowest BCUT2D eigenvalue weighted by molar-refractivity contribution is 0.439. The number of nitrogens with zero attached hydrogens (tertiary/aromatic N) is 4. The minimum atomic E-state index is -0.0512. The van der Waals surface area contributed by atoms with E-state index in [1.54, 1.807) is 50.8 Å². The maximum absolute atomic E-state index is 11.8. The molecule has 0 aliphatic carbocycles. The van der Waals surface area contributed by atoms with Crippen molar-refractivity contribution in [1.82, 2.24) is 19.5 Å². The molecule has 122 valence electrons. The molecule has 2 N–H and O–H groups in total. The van der Waals surface area contributed by atoms with Crippen LogP contribution in [0.4, 0.5) is 5.82 Å². The van der Waals surface area contributed by atoms with Crippen molar-refractivity contribution in [3.63, 3.8) is 0 Å². The van der Waals surface area contributed by atoms with Gasteiger partial charge in [0, 0.05) is 48.4 Å².